The molecule has 14 heteroatoms. The summed E-state index contributed by atoms with van der Waals surface area (Å²) in [6, 6.07) is 9.18. The van der Waals surface area contributed by atoms with E-state index in [0.717, 1.165) is 18.7 Å². The Morgan fingerprint density at radius 2 is 1.64 bits per heavy atom. The van der Waals surface area contributed by atoms with Gasteiger partial charge in [-0.25, -0.2) is 0 Å². The Balaban J connectivity index is 1.42. The molecule has 0 saturated carbocycles. The van der Waals surface area contributed by atoms with E-state index in [1.165, 1.54) is 12.3 Å². The Morgan fingerprint density at radius 3 is 2.32 bits per heavy atom. The van der Waals surface area contributed by atoms with Crippen LogP contribution in [0.5, 0.6) is 11.5 Å². The fourth-order valence-electron chi connectivity index (χ4n) is 6.71. The van der Waals surface area contributed by atoms with Crippen LogP contribution in [0.2, 0.25) is 10.0 Å². The van der Waals surface area contributed by atoms with Crippen LogP contribution in [0.25, 0.3) is 22.3 Å². The monoisotopic (exact) mass is 674 g/mol. The molecule has 47 heavy (non-hydrogen) atoms. The van der Waals surface area contributed by atoms with Crippen LogP contribution in [-0.4, -0.2) is 33.6 Å². The van der Waals surface area contributed by atoms with Crippen LogP contribution in [-0.2, 0) is 23.3 Å². The average molecular weight is 675 g/mol. The van der Waals surface area contributed by atoms with E-state index in [2.05, 4.69) is 10.1 Å². The summed E-state index contributed by atoms with van der Waals surface area (Å²) in [7, 11) is 1.11. The Morgan fingerprint density at radius 1 is 0.936 bits per heavy atom. The number of nitrogens with one attached hydrogen (secondary N) is 1. The smallest absolute Gasteiger partial charge is 0.260 e. The number of oxime groups is 1. The van der Waals surface area contributed by atoms with Crippen LogP contribution in [0, 0.1) is 10.4 Å². The fraction of sp³-hybridized carbons (Fsp3) is 0.152. The number of aliphatic hydroxyl groups is 2. The molecule has 4 aliphatic carbocycles. The number of nitrogens with zero attached hydrogens (tertiary/aromatic N) is 1. The predicted molar refractivity (Wildman–Crippen MR) is 172 cm³/mol. The first-order valence-electron chi connectivity index (χ1n) is 14.0. The molecule has 7 rings (SSSR count). The van der Waals surface area contributed by atoms with Gasteiger partial charge in [0, 0.05) is 22.0 Å². The quantitative estimate of drug-likeness (QED) is 0.156. The van der Waals surface area contributed by atoms with E-state index in [0.29, 0.717) is 5.02 Å². The van der Waals surface area contributed by atoms with Gasteiger partial charge >= 0.3 is 0 Å². The SMILES string of the molecule is COc1cc(=O)c2c(=O)c3c(c(=O)c=2c1=O)=C(O)[C@]1(CCc2c1c(O)c1c(=O)[nH]c(C=NOCc4cccc(Cl)c4)cc1c2Cl)C=3O. The molecule has 0 unspecified atom stereocenters. The van der Waals surface area contributed by atoms with Gasteiger partial charge in [-0.05, 0) is 42.2 Å². The van der Waals surface area contributed by atoms with Crippen molar-refractivity contribution in [2.24, 2.45) is 5.16 Å². The lowest BCUT2D eigenvalue weighted by atomic mass is 9.78. The molecule has 0 aliphatic heterocycles. The van der Waals surface area contributed by atoms with Crippen LogP contribution in [0.3, 0.4) is 0 Å². The average Bonchev–Trinajstić information content (AvgIpc) is 3.55. The molecule has 1 spiro atoms. The fourth-order valence-corrected chi connectivity index (χ4v) is 7.26. The van der Waals surface area contributed by atoms with Gasteiger partial charge in [-0.15, -0.1) is 0 Å². The third-order valence-electron chi connectivity index (χ3n) is 8.76. The van der Waals surface area contributed by atoms with Crippen molar-refractivity contribution in [3.8, 4) is 11.5 Å². The number of benzene rings is 2. The van der Waals surface area contributed by atoms with E-state index in [9.17, 15) is 39.3 Å². The molecule has 3 aromatic rings. The summed E-state index contributed by atoms with van der Waals surface area (Å²) >= 11 is 12.8. The third kappa shape index (κ3) is 4.08. The molecule has 0 saturated heterocycles. The lowest BCUT2D eigenvalue weighted by Crippen LogP contribution is -2.51. The molecule has 1 atom stereocenters. The Kier molecular flexibility index (Phi) is 6.78. The molecule has 0 radical (unpaired) electrons. The zero-order valence-electron chi connectivity index (χ0n) is 24.1. The number of phenolic OH excluding ortho intramolecular Hbond substituents is 1. The predicted octanol–water partition coefficient (Wildman–Crippen LogP) is 1.37. The van der Waals surface area contributed by atoms with Crippen LogP contribution in [0.4, 0.5) is 0 Å². The van der Waals surface area contributed by atoms with Gasteiger partial charge in [0.2, 0.25) is 16.3 Å². The Bertz CT molecular complexity index is 2750. The number of H-pyrrole nitrogens is 1. The van der Waals surface area contributed by atoms with Crippen LogP contribution in [0.1, 0.15) is 28.8 Å². The zero-order chi connectivity index (χ0) is 33.5. The second-order valence-corrected chi connectivity index (χ2v) is 12.0. The van der Waals surface area contributed by atoms with Crippen LogP contribution in [0.15, 0.2) is 65.5 Å². The second-order valence-electron chi connectivity index (χ2n) is 11.2. The van der Waals surface area contributed by atoms with Gasteiger partial charge in [0.05, 0.1) is 50.3 Å². The number of ether oxygens (including phenoxy) is 1. The van der Waals surface area contributed by atoms with Crippen LogP contribution >= 0.6 is 23.2 Å². The highest BCUT2D eigenvalue weighted by molar-refractivity contribution is 6.37. The molecule has 1 heterocycles. The number of aliphatic hydroxyl groups excluding tert-OH is 2. The molecule has 12 nitrogen and oxygen atoms in total. The number of aromatic nitrogens is 1. The number of hydrogen-bond donors (Lipinski definition) is 4. The first-order chi connectivity index (χ1) is 22.4. The summed E-state index contributed by atoms with van der Waals surface area (Å²) < 4.78 is 4.90. The molecule has 4 N–H and O–H groups in total. The highest BCUT2D eigenvalue weighted by Gasteiger charge is 2.53. The lowest BCUT2D eigenvalue weighted by Gasteiger charge is -2.27. The molecule has 0 bridgehead atoms. The van der Waals surface area contributed by atoms with Gasteiger partial charge in [0.25, 0.3) is 5.56 Å². The Hall–Kier alpha value is -5.46. The van der Waals surface area contributed by atoms with E-state index in [1.807, 2.05) is 0 Å². The third-order valence-corrected chi connectivity index (χ3v) is 9.43. The summed E-state index contributed by atoms with van der Waals surface area (Å²) in [5.41, 5.74) is -6.26. The Labute approximate surface area is 270 Å². The van der Waals surface area contributed by atoms with Gasteiger partial charge < -0.3 is 29.9 Å². The molecular weight excluding hydrogens is 655 g/mol. The number of aromatic hydroxyl groups is 1. The van der Waals surface area contributed by atoms with E-state index >= 15 is 0 Å². The number of methoxy groups -OCH3 is 1. The van der Waals surface area contributed by atoms with Crippen molar-refractivity contribution >= 4 is 51.7 Å². The maximum absolute atomic E-state index is 13.7. The van der Waals surface area contributed by atoms with Gasteiger partial charge in [0.15, 0.2) is 11.2 Å². The van der Waals surface area contributed by atoms with Crippen molar-refractivity contribution in [1.29, 1.82) is 0 Å². The largest absolute Gasteiger partial charge is 0.510 e. The molecule has 1 aromatic heterocycles. The summed E-state index contributed by atoms with van der Waals surface area (Å²) in [6.07, 6.45) is 1.07. The first-order valence-corrected chi connectivity index (χ1v) is 14.7. The molecule has 4 aliphatic rings. The molecule has 0 fully saturated rings. The number of pyridine rings is 1. The van der Waals surface area contributed by atoms with Crippen molar-refractivity contribution in [2.45, 2.75) is 24.9 Å². The van der Waals surface area contributed by atoms with E-state index in [1.54, 1.807) is 24.3 Å². The summed E-state index contributed by atoms with van der Waals surface area (Å²) in [6.45, 7) is 0.0971. The highest BCUT2D eigenvalue weighted by atomic mass is 35.5. The lowest BCUT2D eigenvalue weighted by molar-refractivity contribution is 0.132. The zero-order valence-corrected chi connectivity index (χ0v) is 25.6. The summed E-state index contributed by atoms with van der Waals surface area (Å²) in [5.74, 6) is -2.79. The van der Waals surface area contributed by atoms with Gasteiger partial charge in [0.1, 0.15) is 29.3 Å². The van der Waals surface area contributed by atoms with E-state index < -0.39 is 76.6 Å². The van der Waals surface area contributed by atoms with Gasteiger partial charge in [-0.1, -0.05) is 40.5 Å². The number of phenols is 1. The number of hydrogen-bond acceptors (Lipinski definition) is 11. The minimum atomic E-state index is -2.08. The molecular formula is C33H20Cl2N2O10. The minimum Gasteiger partial charge on any atom is -0.510 e. The summed E-state index contributed by atoms with van der Waals surface area (Å²) in [4.78, 5) is 74.3. The minimum absolute atomic E-state index is 0.00473. The summed E-state index contributed by atoms with van der Waals surface area (Å²) in [5, 5.41) is 36.1. The standard InChI is InChI=1S/C33H20Cl2N2O10/c1-46-18-9-17(38)20-21(26(18)39)28(41)23-22(27(20)40)30(43)33(31(23)44)6-5-15-24(33)29(42)19-16(25(15)35)8-14(37-32(19)45)10-36-47-11-12-3-2-4-13(34)7-12/h2-4,7-10,42-44H,5-6,11H2,1H3,(H,37,45)/t33-/m0/s1. The highest BCUT2D eigenvalue weighted by Crippen LogP contribution is 2.56. The number of aromatic amines is 1. The normalized spacial score (nSPS) is 16.9. The maximum Gasteiger partial charge on any atom is 0.260 e. The number of rotatable bonds is 5. The van der Waals surface area contributed by atoms with Gasteiger partial charge in [-0.2, -0.15) is 0 Å². The molecule has 0 amide bonds. The van der Waals surface area contributed by atoms with Gasteiger partial charge in [-0.3, -0.25) is 24.0 Å². The second kappa shape index (κ2) is 10.5. The van der Waals surface area contributed by atoms with Crippen LogP contribution < -0.4 is 42.4 Å². The maximum atomic E-state index is 13.7. The van der Waals surface area contributed by atoms with E-state index in [-0.39, 0.29) is 52.1 Å². The van der Waals surface area contributed by atoms with Crippen molar-refractivity contribution in [2.75, 3.05) is 7.11 Å². The van der Waals surface area contributed by atoms with E-state index in [4.69, 9.17) is 32.8 Å². The van der Waals surface area contributed by atoms with Crippen molar-refractivity contribution in [1.82, 2.24) is 4.98 Å². The van der Waals surface area contributed by atoms with Crippen molar-refractivity contribution in [3.05, 3.63) is 141 Å². The molecule has 236 valence electrons. The van der Waals surface area contributed by atoms with Crippen molar-refractivity contribution < 1.29 is 24.9 Å². The number of halogens is 2. The first kappa shape index (κ1) is 30.2. The molecule has 2 aromatic carbocycles. The number of fused-ring (bicyclic) bond motifs is 4. The van der Waals surface area contributed by atoms with Crippen molar-refractivity contribution in [3.63, 3.8) is 0 Å². The topological polar surface area (TPSA) is 193 Å².